The number of aromatic amines is 1. The second-order valence-corrected chi connectivity index (χ2v) is 5.20. The molecule has 0 saturated carbocycles. The Labute approximate surface area is 136 Å². The molecule has 0 unspecified atom stereocenters. The van der Waals surface area contributed by atoms with Crippen LogP contribution >= 0.6 is 0 Å². The van der Waals surface area contributed by atoms with Crippen LogP contribution in [0.5, 0.6) is 0 Å². The van der Waals surface area contributed by atoms with Crippen LogP contribution in [-0.2, 0) is 11.3 Å². The number of nitrogens with one attached hydrogen (secondary N) is 3. The fourth-order valence-electron chi connectivity index (χ4n) is 2.03. The summed E-state index contributed by atoms with van der Waals surface area (Å²) in [6, 6.07) is 5.93. The standard InChI is InChI=1S/C15H17F3N4O2/c1-9-13(10(2)22-21-9)20-14(23)19-12-5-3-4-11(6-12)7-24-8-15(16,17)18/h3-6H,7-8H2,1-2H3,(H,21,22)(H2,19,20,23). The van der Waals surface area contributed by atoms with E-state index in [-0.39, 0.29) is 6.61 Å². The Hall–Kier alpha value is -2.55. The molecule has 0 aliphatic carbocycles. The van der Waals surface area contributed by atoms with Crippen LogP contribution in [0.25, 0.3) is 0 Å². The highest BCUT2D eigenvalue weighted by atomic mass is 19.4. The Morgan fingerprint density at radius 2 is 2.04 bits per heavy atom. The SMILES string of the molecule is Cc1n[nH]c(C)c1NC(=O)Nc1cccc(COCC(F)(F)F)c1. The van der Waals surface area contributed by atoms with Crippen molar-refractivity contribution in [3.8, 4) is 0 Å². The maximum absolute atomic E-state index is 12.1. The largest absolute Gasteiger partial charge is 0.411 e. The first kappa shape index (κ1) is 17.8. The van der Waals surface area contributed by atoms with Gasteiger partial charge in [0.25, 0.3) is 0 Å². The Bertz CT molecular complexity index is 693. The predicted octanol–water partition coefficient (Wildman–Crippen LogP) is 3.75. The Morgan fingerprint density at radius 3 is 2.67 bits per heavy atom. The third-order valence-electron chi connectivity index (χ3n) is 3.09. The summed E-state index contributed by atoms with van der Waals surface area (Å²) in [5.74, 6) is 0. The second kappa shape index (κ2) is 7.35. The first-order valence-corrected chi connectivity index (χ1v) is 7.07. The summed E-state index contributed by atoms with van der Waals surface area (Å²) < 4.78 is 40.8. The number of alkyl halides is 3. The lowest BCUT2D eigenvalue weighted by atomic mass is 10.2. The van der Waals surface area contributed by atoms with E-state index in [2.05, 4.69) is 25.6 Å². The molecule has 2 aromatic rings. The molecule has 0 aliphatic rings. The van der Waals surface area contributed by atoms with Crippen LogP contribution in [0.1, 0.15) is 17.0 Å². The van der Waals surface area contributed by atoms with Crippen LogP contribution in [0.3, 0.4) is 0 Å². The predicted molar refractivity (Wildman–Crippen MR) is 82.9 cm³/mol. The Balaban J connectivity index is 1.93. The van der Waals surface area contributed by atoms with Gasteiger partial charge < -0.3 is 15.4 Å². The van der Waals surface area contributed by atoms with Crippen LogP contribution in [0.15, 0.2) is 24.3 Å². The first-order valence-electron chi connectivity index (χ1n) is 7.07. The van der Waals surface area contributed by atoms with Crippen molar-refractivity contribution >= 4 is 17.4 Å². The van der Waals surface area contributed by atoms with Gasteiger partial charge in [0, 0.05) is 5.69 Å². The van der Waals surface area contributed by atoms with E-state index in [1.165, 1.54) is 0 Å². The van der Waals surface area contributed by atoms with E-state index in [1.54, 1.807) is 38.1 Å². The molecular weight excluding hydrogens is 325 g/mol. The number of aryl methyl sites for hydroxylation is 2. The average molecular weight is 342 g/mol. The molecule has 9 heteroatoms. The van der Waals surface area contributed by atoms with Crippen LogP contribution in [-0.4, -0.2) is 29.0 Å². The number of aromatic nitrogens is 2. The van der Waals surface area contributed by atoms with Gasteiger partial charge in [-0.15, -0.1) is 0 Å². The lowest BCUT2D eigenvalue weighted by Crippen LogP contribution is -2.20. The van der Waals surface area contributed by atoms with Crippen LogP contribution in [0, 0.1) is 13.8 Å². The fourth-order valence-corrected chi connectivity index (χ4v) is 2.03. The topological polar surface area (TPSA) is 79.0 Å². The van der Waals surface area contributed by atoms with Crippen molar-refractivity contribution in [1.82, 2.24) is 10.2 Å². The van der Waals surface area contributed by atoms with Gasteiger partial charge >= 0.3 is 12.2 Å². The zero-order chi connectivity index (χ0) is 17.7. The normalized spacial score (nSPS) is 11.4. The van der Waals surface area contributed by atoms with Crippen LogP contribution < -0.4 is 10.6 Å². The zero-order valence-corrected chi connectivity index (χ0v) is 13.1. The highest BCUT2D eigenvalue weighted by Gasteiger charge is 2.27. The lowest BCUT2D eigenvalue weighted by Gasteiger charge is -2.10. The number of halogens is 3. The molecule has 2 amide bonds. The first-order chi connectivity index (χ1) is 11.2. The maximum atomic E-state index is 12.1. The summed E-state index contributed by atoms with van der Waals surface area (Å²) >= 11 is 0. The van der Waals surface area contributed by atoms with Gasteiger partial charge in [-0.2, -0.15) is 18.3 Å². The number of carbonyl (C=O) groups excluding carboxylic acids is 1. The van der Waals surface area contributed by atoms with Crippen LogP contribution in [0.2, 0.25) is 0 Å². The van der Waals surface area contributed by atoms with E-state index in [4.69, 9.17) is 0 Å². The number of urea groups is 1. The van der Waals surface area contributed by atoms with Crippen LogP contribution in [0.4, 0.5) is 29.3 Å². The minimum atomic E-state index is -4.37. The molecule has 6 nitrogen and oxygen atoms in total. The van der Waals surface area contributed by atoms with Crippen molar-refractivity contribution in [2.45, 2.75) is 26.6 Å². The molecular formula is C15H17F3N4O2. The fraction of sp³-hybridized carbons (Fsp3) is 0.333. The molecule has 1 heterocycles. The van der Waals surface area contributed by atoms with E-state index in [0.29, 0.717) is 22.6 Å². The monoisotopic (exact) mass is 342 g/mol. The number of carbonyl (C=O) groups is 1. The van der Waals surface area contributed by atoms with Gasteiger partial charge in [-0.1, -0.05) is 12.1 Å². The lowest BCUT2D eigenvalue weighted by molar-refractivity contribution is -0.176. The van der Waals surface area contributed by atoms with E-state index in [0.717, 1.165) is 5.69 Å². The van der Waals surface area contributed by atoms with Crippen molar-refractivity contribution in [2.75, 3.05) is 17.2 Å². The van der Waals surface area contributed by atoms with Crippen molar-refractivity contribution < 1.29 is 22.7 Å². The molecule has 0 saturated heterocycles. The second-order valence-electron chi connectivity index (χ2n) is 5.20. The van der Waals surface area contributed by atoms with Gasteiger partial charge in [-0.3, -0.25) is 5.10 Å². The summed E-state index contributed by atoms with van der Waals surface area (Å²) in [6.45, 7) is 2.01. The molecule has 0 aliphatic heterocycles. The molecule has 130 valence electrons. The summed E-state index contributed by atoms with van der Waals surface area (Å²) in [5.41, 5.74) is 2.91. The Kier molecular flexibility index (Phi) is 5.45. The number of rotatable bonds is 5. The molecule has 1 aromatic heterocycles. The van der Waals surface area contributed by atoms with E-state index in [9.17, 15) is 18.0 Å². The number of benzene rings is 1. The number of nitrogens with zero attached hydrogens (tertiary/aromatic N) is 1. The summed E-state index contributed by atoms with van der Waals surface area (Å²) in [5, 5.41) is 12.0. The smallest absolute Gasteiger partial charge is 0.367 e. The molecule has 24 heavy (non-hydrogen) atoms. The molecule has 0 fully saturated rings. The molecule has 0 bridgehead atoms. The van der Waals surface area contributed by atoms with Gasteiger partial charge in [-0.05, 0) is 31.5 Å². The highest BCUT2D eigenvalue weighted by molar-refractivity contribution is 6.00. The molecule has 2 rings (SSSR count). The van der Waals surface area contributed by atoms with E-state index < -0.39 is 18.8 Å². The number of anilines is 2. The molecule has 0 radical (unpaired) electrons. The summed E-state index contributed by atoms with van der Waals surface area (Å²) in [6.07, 6.45) is -4.37. The molecule has 0 atom stereocenters. The molecule has 3 N–H and O–H groups in total. The Morgan fingerprint density at radius 1 is 1.29 bits per heavy atom. The number of ether oxygens (including phenoxy) is 1. The molecule has 0 spiro atoms. The summed E-state index contributed by atoms with van der Waals surface area (Å²) in [4.78, 5) is 12.0. The van der Waals surface area contributed by atoms with Crippen molar-refractivity contribution in [3.63, 3.8) is 0 Å². The number of hydrogen-bond donors (Lipinski definition) is 3. The third-order valence-corrected chi connectivity index (χ3v) is 3.09. The van der Waals surface area contributed by atoms with Crippen molar-refractivity contribution in [1.29, 1.82) is 0 Å². The highest BCUT2D eigenvalue weighted by Crippen LogP contribution is 2.18. The number of hydrogen-bond acceptors (Lipinski definition) is 3. The third kappa shape index (κ3) is 5.27. The minimum Gasteiger partial charge on any atom is -0.367 e. The van der Waals surface area contributed by atoms with Crippen molar-refractivity contribution in [3.05, 3.63) is 41.2 Å². The van der Waals surface area contributed by atoms with Gasteiger partial charge in [-0.25, -0.2) is 4.79 Å². The van der Waals surface area contributed by atoms with Gasteiger partial charge in [0.1, 0.15) is 6.61 Å². The average Bonchev–Trinajstić information content (AvgIpc) is 2.78. The van der Waals surface area contributed by atoms with Gasteiger partial charge in [0.15, 0.2) is 0 Å². The van der Waals surface area contributed by atoms with E-state index >= 15 is 0 Å². The van der Waals surface area contributed by atoms with Gasteiger partial charge in [0.05, 0.1) is 23.7 Å². The number of amides is 2. The van der Waals surface area contributed by atoms with Crippen molar-refractivity contribution in [2.24, 2.45) is 0 Å². The molecule has 1 aromatic carbocycles. The van der Waals surface area contributed by atoms with E-state index in [1.807, 2.05) is 0 Å². The quantitative estimate of drug-likeness (QED) is 0.774. The number of H-pyrrole nitrogens is 1. The van der Waals surface area contributed by atoms with Gasteiger partial charge in [0.2, 0.25) is 0 Å². The summed E-state index contributed by atoms with van der Waals surface area (Å²) in [7, 11) is 0. The maximum Gasteiger partial charge on any atom is 0.411 e. The minimum absolute atomic E-state index is 0.198. The zero-order valence-electron chi connectivity index (χ0n) is 13.1.